The number of aromatic nitrogens is 4. The number of carboxylic acid groups (broad SMARTS) is 1. The van der Waals surface area contributed by atoms with E-state index >= 15 is 0 Å². The van der Waals surface area contributed by atoms with Gasteiger partial charge in [-0.25, -0.2) is 18.1 Å². The van der Waals surface area contributed by atoms with Gasteiger partial charge in [-0.3, -0.25) is 4.79 Å². The van der Waals surface area contributed by atoms with Crippen LogP contribution in [-0.4, -0.2) is 62.4 Å². The number of rotatable bonds is 7. The van der Waals surface area contributed by atoms with Gasteiger partial charge in [-0.1, -0.05) is 29.5 Å². The van der Waals surface area contributed by atoms with Gasteiger partial charge >= 0.3 is 5.97 Å². The molecule has 1 aliphatic carbocycles. The number of fused-ring (bicyclic) bond motifs is 4. The number of sulfonamides is 1. The molecule has 2 aliphatic heterocycles. The van der Waals surface area contributed by atoms with Crippen LogP contribution in [0, 0.1) is 13.8 Å². The third-order valence-corrected chi connectivity index (χ3v) is 11.4. The zero-order chi connectivity index (χ0) is 30.1. The predicted molar refractivity (Wildman–Crippen MR) is 163 cm³/mol. The summed E-state index contributed by atoms with van der Waals surface area (Å²) in [5, 5.41) is 18.8. The van der Waals surface area contributed by atoms with Gasteiger partial charge in [0, 0.05) is 31.7 Å². The van der Waals surface area contributed by atoms with Crippen LogP contribution in [0.2, 0.25) is 0 Å². The molecular weight excluding hydrogens is 564 g/mol. The molecule has 0 radical (unpaired) electrons. The van der Waals surface area contributed by atoms with E-state index in [0.29, 0.717) is 18.4 Å². The largest absolute Gasteiger partial charge is 0.481 e. The van der Waals surface area contributed by atoms with Crippen LogP contribution in [0.1, 0.15) is 78.8 Å². The fourth-order valence-electron chi connectivity index (χ4n) is 7.05. The maximum absolute atomic E-state index is 14.1. The Morgan fingerprint density at radius 3 is 2.74 bits per heavy atom. The maximum Gasteiger partial charge on any atom is 0.304 e. The van der Waals surface area contributed by atoms with Crippen molar-refractivity contribution in [3.63, 3.8) is 0 Å². The molecule has 4 heterocycles. The average Bonchev–Trinajstić information content (AvgIpc) is 3.62. The van der Waals surface area contributed by atoms with E-state index in [0.717, 1.165) is 71.1 Å². The SMILES string of the molecule is Cc1ccc(C(CC(=O)O)c2ccc3c(nnn3C3CC3)c2C)cc1CN1C[C@@]2(C)CCCN2c2ncccc2S1(=O)=O. The number of aryl methyl sites for hydroxylation is 2. The van der Waals surface area contributed by atoms with Gasteiger partial charge in [-0.15, -0.1) is 5.10 Å². The van der Waals surface area contributed by atoms with Crippen molar-refractivity contribution in [3.05, 3.63) is 76.5 Å². The minimum atomic E-state index is -3.83. The minimum Gasteiger partial charge on any atom is -0.481 e. The van der Waals surface area contributed by atoms with Crippen LogP contribution in [-0.2, 0) is 21.4 Å². The topological polar surface area (TPSA) is 122 Å². The lowest BCUT2D eigenvalue weighted by Crippen LogP contribution is -2.49. The zero-order valence-corrected chi connectivity index (χ0v) is 25.5. The molecule has 0 bridgehead atoms. The fraction of sp³-hybridized carbons (Fsp3) is 0.438. The third-order valence-electron chi connectivity index (χ3n) is 9.60. The van der Waals surface area contributed by atoms with Crippen molar-refractivity contribution in [1.29, 1.82) is 0 Å². The minimum absolute atomic E-state index is 0.0975. The number of aliphatic carboxylic acids is 1. The summed E-state index contributed by atoms with van der Waals surface area (Å²) in [5.74, 6) is -0.802. The Bertz CT molecular complexity index is 1870. The van der Waals surface area contributed by atoms with E-state index in [-0.39, 0.29) is 23.4 Å². The van der Waals surface area contributed by atoms with Crippen molar-refractivity contribution < 1.29 is 18.3 Å². The van der Waals surface area contributed by atoms with Crippen molar-refractivity contribution in [2.45, 2.75) is 81.8 Å². The van der Waals surface area contributed by atoms with E-state index in [2.05, 4.69) is 27.1 Å². The lowest BCUT2D eigenvalue weighted by atomic mass is 9.84. The number of nitrogens with zero attached hydrogens (tertiary/aromatic N) is 6. The molecule has 2 aromatic carbocycles. The van der Waals surface area contributed by atoms with Crippen LogP contribution < -0.4 is 4.90 Å². The summed E-state index contributed by atoms with van der Waals surface area (Å²) < 4.78 is 31.7. The monoisotopic (exact) mass is 600 g/mol. The molecule has 2 atom stereocenters. The average molecular weight is 601 g/mol. The van der Waals surface area contributed by atoms with Crippen molar-refractivity contribution in [1.82, 2.24) is 24.3 Å². The molecule has 1 saturated carbocycles. The van der Waals surface area contributed by atoms with Gasteiger partial charge < -0.3 is 10.0 Å². The molecule has 2 fully saturated rings. The fourth-order valence-corrected chi connectivity index (χ4v) is 8.73. The lowest BCUT2D eigenvalue weighted by molar-refractivity contribution is -0.137. The highest BCUT2D eigenvalue weighted by Crippen LogP contribution is 2.43. The number of carboxylic acids is 1. The lowest BCUT2D eigenvalue weighted by Gasteiger charge is -2.36. The second kappa shape index (κ2) is 10.1. The molecular formula is C32H36N6O4S. The summed E-state index contributed by atoms with van der Waals surface area (Å²) in [6.07, 6.45) is 5.61. The van der Waals surface area contributed by atoms with Crippen LogP contribution in [0.5, 0.6) is 0 Å². The van der Waals surface area contributed by atoms with Crippen molar-refractivity contribution >= 4 is 32.8 Å². The van der Waals surface area contributed by atoms with Crippen LogP contribution in [0.15, 0.2) is 53.6 Å². The van der Waals surface area contributed by atoms with Gasteiger partial charge in [0.25, 0.3) is 0 Å². The second-order valence-corrected chi connectivity index (χ2v) is 14.5. The summed E-state index contributed by atoms with van der Waals surface area (Å²) in [5.41, 5.74) is 5.86. The third kappa shape index (κ3) is 4.69. The van der Waals surface area contributed by atoms with E-state index in [1.54, 1.807) is 22.6 Å². The Morgan fingerprint density at radius 2 is 1.98 bits per heavy atom. The predicted octanol–water partition coefficient (Wildman–Crippen LogP) is 4.95. The quantitative estimate of drug-likeness (QED) is 0.316. The van der Waals surface area contributed by atoms with Gasteiger partial charge in [-0.2, -0.15) is 4.31 Å². The Labute approximate surface area is 251 Å². The standard InChI is InChI=1S/C32H36N6O4S/c1-20-7-8-22(26(17-29(39)40)25-11-12-27-30(21(25)2)34-35-38(27)24-9-10-24)16-23(20)18-36-19-32(3)13-5-15-37(32)31-28(43(36,41)42)6-4-14-33-31/h4,6-8,11-12,14,16,24,26H,5,9-10,13,15,17-19H2,1-3H3,(H,39,40)/t26?,32-/m1/s1. The first-order chi connectivity index (χ1) is 20.6. The van der Waals surface area contributed by atoms with E-state index in [1.807, 2.05) is 48.9 Å². The highest BCUT2D eigenvalue weighted by molar-refractivity contribution is 7.89. The first kappa shape index (κ1) is 28.0. The summed E-state index contributed by atoms with van der Waals surface area (Å²) >= 11 is 0. The Balaban J connectivity index is 1.28. The number of benzene rings is 2. The van der Waals surface area contributed by atoms with Crippen LogP contribution in [0.4, 0.5) is 5.82 Å². The summed E-state index contributed by atoms with van der Waals surface area (Å²) in [7, 11) is -3.83. The molecule has 1 N–H and O–H groups in total. The molecule has 1 unspecified atom stereocenters. The molecule has 10 nitrogen and oxygen atoms in total. The summed E-state index contributed by atoms with van der Waals surface area (Å²) in [4.78, 5) is 19.1. The molecule has 3 aliphatic rings. The normalized spacial score (nSPS) is 22.3. The molecule has 0 amide bonds. The number of hydrogen-bond donors (Lipinski definition) is 1. The Kier molecular flexibility index (Phi) is 6.59. The number of carbonyl (C=O) groups is 1. The van der Waals surface area contributed by atoms with Crippen LogP contribution in [0.25, 0.3) is 11.0 Å². The van der Waals surface area contributed by atoms with Crippen molar-refractivity contribution in [2.24, 2.45) is 0 Å². The first-order valence-corrected chi connectivity index (χ1v) is 16.4. The van der Waals surface area contributed by atoms with E-state index in [9.17, 15) is 18.3 Å². The van der Waals surface area contributed by atoms with Crippen LogP contribution in [0.3, 0.4) is 0 Å². The molecule has 11 heteroatoms. The van der Waals surface area contributed by atoms with Crippen molar-refractivity contribution in [2.75, 3.05) is 18.0 Å². The van der Waals surface area contributed by atoms with Gasteiger partial charge in [0.1, 0.15) is 16.2 Å². The first-order valence-electron chi connectivity index (χ1n) is 15.0. The van der Waals surface area contributed by atoms with E-state index < -0.39 is 21.9 Å². The number of anilines is 1. The molecule has 4 aromatic rings. The maximum atomic E-state index is 14.1. The van der Waals surface area contributed by atoms with E-state index in [4.69, 9.17) is 0 Å². The van der Waals surface area contributed by atoms with Gasteiger partial charge in [-0.05, 0) is 92.5 Å². The molecule has 7 rings (SSSR count). The summed E-state index contributed by atoms with van der Waals surface area (Å²) in [6.45, 7) is 7.39. The van der Waals surface area contributed by atoms with Crippen LogP contribution >= 0.6 is 0 Å². The Hall–Kier alpha value is -3.83. The van der Waals surface area contributed by atoms with Gasteiger partial charge in [0.05, 0.1) is 23.5 Å². The zero-order valence-electron chi connectivity index (χ0n) is 24.7. The number of pyridine rings is 1. The number of hydrogen-bond acceptors (Lipinski definition) is 7. The highest BCUT2D eigenvalue weighted by atomic mass is 32.2. The summed E-state index contributed by atoms with van der Waals surface area (Å²) in [6, 6.07) is 13.7. The molecule has 1 saturated heterocycles. The highest BCUT2D eigenvalue weighted by Gasteiger charge is 2.47. The molecule has 2 aromatic heterocycles. The van der Waals surface area contributed by atoms with Crippen molar-refractivity contribution in [3.8, 4) is 0 Å². The van der Waals surface area contributed by atoms with E-state index in [1.165, 1.54) is 0 Å². The van der Waals surface area contributed by atoms with Gasteiger partial charge in [0.15, 0.2) is 0 Å². The smallest absolute Gasteiger partial charge is 0.304 e. The molecule has 0 spiro atoms. The Morgan fingerprint density at radius 1 is 1.16 bits per heavy atom. The van der Waals surface area contributed by atoms with Gasteiger partial charge in [0.2, 0.25) is 10.0 Å². The second-order valence-electron chi connectivity index (χ2n) is 12.6. The molecule has 224 valence electrons. The molecule has 43 heavy (non-hydrogen) atoms.